The second-order valence-electron chi connectivity index (χ2n) is 3.82. The number of nitrogens with one attached hydrogen (secondary N) is 1. The summed E-state index contributed by atoms with van der Waals surface area (Å²) >= 11 is 5.86. The van der Waals surface area contributed by atoms with Crippen molar-refractivity contribution in [1.82, 2.24) is 5.32 Å². The van der Waals surface area contributed by atoms with E-state index < -0.39 is 0 Å². The van der Waals surface area contributed by atoms with Crippen LogP contribution in [0, 0.1) is 0 Å². The molecule has 0 saturated carbocycles. The Balaban J connectivity index is 2.78. The Hall–Kier alpha value is -0.790. The van der Waals surface area contributed by atoms with E-state index in [-0.39, 0.29) is 0 Å². The molecule has 0 amide bonds. The van der Waals surface area contributed by atoms with Gasteiger partial charge in [0.25, 0.3) is 0 Å². The average molecular weight is 224 g/mol. The van der Waals surface area contributed by atoms with Crippen LogP contribution in [-0.4, -0.2) is 6.54 Å². The summed E-state index contributed by atoms with van der Waals surface area (Å²) in [5.41, 5.74) is 2.46. The van der Waals surface area contributed by atoms with Crippen LogP contribution >= 0.6 is 11.6 Å². The third-order valence-electron chi connectivity index (χ3n) is 2.28. The van der Waals surface area contributed by atoms with Crippen LogP contribution in [0.1, 0.15) is 31.9 Å². The Kier molecular flexibility index (Phi) is 4.86. The van der Waals surface area contributed by atoms with Crippen molar-refractivity contribution < 1.29 is 0 Å². The minimum absolute atomic E-state index is 0.352. The maximum absolute atomic E-state index is 5.86. The minimum atomic E-state index is 0.352. The summed E-state index contributed by atoms with van der Waals surface area (Å²) in [4.78, 5) is 0. The molecule has 0 saturated heterocycles. The molecular formula is C13H18ClN. The predicted octanol–water partition coefficient (Wildman–Crippen LogP) is 3.96. The molecule has 2 heteroatoms. The summed E-state index contributed by atoms with van der Waals surface area (Å²) in [6, 6.07) is 8.35. The van der Waals surface area contributed by atoms with E-state index in [0.717, 1.165) is 18.0 Å². The van der Waals surface area contributed by atoms with Crippen molar-refractivity contribution in [3.8, 4) is 0 Å². The quantitative estimate of drug-likeness (QED) is 0.746. The first-order chi connectivity index (χ1) is 7.13. The lowest BCUT2D eigenvalue weighted by atomic mass is 10.0. The molecule has 0 radical (unpaired) electrons. The summed E-state index contributed by atoms with van der Waals surface area (Å²) in [6.07, 6.45) is 0.968. The Morgan fingerprint density at radius 1 is 1.40 bits per heavy atom. The summed E-state index contributed by atoms with van der Waals surface area (Å²) < 4.78 is 0. The average Bonchev–Trinajstić information content (AvgIpc) is 2.17. The van der Waals surface area contributed by atoms with E-state index in [9.17, 15) is 0 Å². The molecule has 82 valence electrons. The molecule has 0 spiro atoms. The van der Waals surface area contributed by atoms with Crippen LogP contribution in [0.15, 0.2) is 36.4 Å². The summed E-state index contributed by atoms with van der Waals surface area (Å²) in [7, 11) is 0. The zero-order valence-corrected chi connectivity index (χ0v) is 10.1. The molecule has 1 aromatic carbocycles. The Labute approximate surface area is 97.1 Å². The highest BCUT2D eigenvalue weighted by atomic mass is 35.5. The van der Waals surface area contributed by atoms with Crippen LogP contribution in [0.2, 0.25) is 5.02 Å². The topological polar surface area (TPSA) is 12.0 Å². The van der Waals surface area contributed by atoms with Crippen LogP contribution in [0.3, 0.4) is 0 Å². The Bertz CT molecular complexity index is 316. The van der Waals surface area contributed by atoms with Crippen molar-refractivity contribution in [3.05, 3.63) is 47.0 Å². The van der Waals surface area contributed by atoms with Crippen LogP contribution in [-0.2, 0) is 0 Å². The van der Waals surface area contributed by atoms with Gasteiger partial charge in [0.05, 0.1) is 0 Å². The molecule has 0 aromatic heterocycles. The summed E-state index contributed by atoms with van der Waals surface area (Å²) in [6.45, 7) is 9.08. The summed E-state index contributed by atoms with van der Waals surface area (Å²) in [5.74, 6) is 0. The van der Waals surface area contributed by atoms with Crippen LogP contribution in [0.25, 0.3) is 0 Å². The highest BCUT2D eigenvalue weighted by Gasteiger charge is 2.09. The maximum Gasteiger partial charge on any atom is 0.0406 e. The van der Waals surface area contributed by atoms with Gasteiger partial charge in [-0.3, -0.25) is 0 Å². The first-order valence-electron chi connectivity index (χ1n) is 5.26. The van der Waals surface area contributed by atoms with Gasteiger partial charge in [-0.25, -0.2) is 0 Å². The Morgan fingerprint density at radius 2 is 2.00 bits per heavy atom. The number of rotatable bonds is 5. The van der Waals surface area contributed by atoms with Crippen molar-refractivity contribution in [1.29, 1.82) is 0 Å². The second kappa shape index (κ2) is 5.94. The van der Waals surface area contributed by atoms with Crippen molar-refractivity contribution in [2.24, 2.45) is 0 Å². The van der Waals surface area contributed by atoms with Crippen molar-refractivity contribution in [2.45, 2.75) is 26.3 Å². The van der Waals surface area contributed by atoms with Crippen molar-refractivity contribution in [3.63, 3.8) is 0 Å². The van der Waals surface area contributed by atoms with Gasteiger partial charge in [-0.15, -0.1) is 6.58 Å². The van der Waals surface area contributed by atoms with Gasteiger partial charge in [-0.2, -0.15) is 0 Å². The molecule has 1 atom stereocenters. The fraction of sp³-hybridized carbons (Fsp3) is 0.385. The van der Waals surface area contributed by atoms with Crippen LogP contribution in [0.5, 0.6) is 0 Å². The van der Waals surface area contributed by atoms with Crippen LogP contribution in [0.4, 0.5) is 0 Å². The van der Waals surface area contributed by atoms with Gasteiger partial charge in [-0.05, 0) is 37.6 Å². The predicted molar refractivity (Wildman–Crippen MR) is 67.3 cm³/mol. The number of benzene rings is 1. The second-order valence-corrected chi connectivity index (χ2v) is 4.26. The smallest absolute Gasteiger partial charge is 0.0406 e. The van der Waals surface area contributed by atoms with Gasteiger partial charge in [0.1, 0.15) is 0 Å². The Morgan fingerprint density at radius 3 is 2.47 bits per heavy atom. The van der Waals surface area contributed by atoms with E-state index in [1.807, 2.05) is 12.1 Å². The van der Waals surface area contributed by atoms with E-state index in [4.69, 9.17) is 11.6 Å². The van der Waals surface area contributed by atoms with Gasteiger partial charge in [0, 0.05) is 11.1 Å². The van der Waals surface area contributed by atoms with Crippen molar-refractivity contribution >= 4 is 11.6 Å². The normalized spacial score (nSPS) is 12.5. The first-order valence-corrected chi connectivity index (χ1v) is 5.64. The zero-order chi connectivity index (χ0) is 11.3. The molecular weight excluding hydrogens is 206 g/mol. The highest BCUT2D eigenvalue weighted by Crippen LogP contribution is 2.21. The molecule has 0 aliphatic heterocycles. The zero-order valence-electron chi connectivity index (χ0n) is 9.39. The lowest BCUT2D eigenvalue weighted by molar-refractivity contribution is 0.548. The van der Waals surface area contributed by atoms with Gasteiger partial charge in [-0.1, -0.05) is 36.2 Å². The molecule has 0 fully saturated rings. The van der Waals surface area contributed by atoms with Gasteiger partial charge in [0.2, 0.25) is 0 Å². The molecule has 1 nitrogen and oxygen atoms in total. The minimum Gasteiger partial charge on any atom is -0.310 e. The van der Waals surface area contributed by atoms with E-state index in [1.54, 1.807) is 0 Å². The highest BCUT2D eigenvalue weighted by molar-refractivity contribution is 6.30. The molecule has 0 bridgehead atoms. The van der Waals surface area contributed by atoms with Gasteiger partial charge in [0.15, 0.2) is 0 Å². The monoisotopic (exact) mass is 223 g/mol. The molecule has 1 aromatic rings. The lowest BCUT2D eigenvalue weighted by Gasteiger charge is -2.18. The maximum atomic E-state index is 5.86. The summed E-state index contributed by atoms with van der Waals surface area (Å²) in [5, 5.41) is 4.23. The van der Waals surface area contributed by atoms with E-state index in [0.29, 0.717) is 6.04 Å². The van der Waals surface area contributed by atoms with Gasteiger partial charge >= 0.3 is 0 Å². The standard InChI is InChI=1S/C13H18ClN/c1-4-15-13(9-10(2)3)11-5-7-12(14)8-6-11/h5-8,13,15H,2,4,9H2,1,3H3. The molecule has 0 aliphatic rings. The van der Waals surface area contributed by atoms with E-state index in [1.165, 1.54) is 11.1 Å². The number of hydrogen-bond donors (Lipinski definition) is 1. The molecule has 15 heavy (non-hydrogen) atoms. The number of hydrogen-bond acceptors (Lipinski definition) is 1. The largest absolute Gasteiger partial charge is 0.310 e. The van der Waals surface area contributed by atoms with Crippen LogP contribution < -0.4 is 5.32 Å². The fourth-order valence-electron chi connectivity index (χ4n) is 1.60. The fourth-order valence-corrected chi connectivity index (χ4v) is 1.72. The number of halogens is 1. The SMILES string of the molecule is C=C(C)CC(NCC)c1ccc(Cl)cc1. The van der Waals surface area contributed by atoms with E-state index in [2.05, 4.69) is 37.9 Å². The molecule has 1 rings (SSSR count). The third kappa shape index (κ3) is 4.06. The molecule has 1 N–H and O–H groups in total. The lowest BCUT2D eigenvalue weighted by Crippen LogP contribution is -2.20. The third-order valence-corrected chi connectivity index (χ3v) is 2.53. The molecule has 0 aliphatic carbocycles. The van der Waals surface area contributed by atoms with E-state index >= 15 is 0 Å². The first kappa shape index (κ1) is 12.3. The van der Waals surface area contributed by atoms with Gasteiger partial charge < -0.3 is 5.32 Å². The van der Waals surface area contributed by atoms with Crippen molar-refractivity contribution in [2.75, 3.05) is 6.54 Å². The molecule has 1 unspecified atom stereocenters. The molecule has 0 heterocycles.